The number of hydrogen-bond acceptors (Lipinski definition) is 4. The van der Waals surface area contributed by atoms with Gasteiger partial charge in [0.15, 0.2) is 0 Å². The molecule has 0 bridgehead atoms. The van der Waals surface area contributed by atoms with Gasteiger partial charge >= 0.3 is 5.97 Å². The van der Waals surface area contributed by atoms with Crippen LogP contribution in [0.4, 0.5) is 0 Å². The van der Waals surface area contributed by atoms with E-state index in [9.17, 15) is 4.79 Å². The van der Waals surface area contributed by atoms with Crippen LogP contribution in [-0.4, -0.2) is 31.9 Å². The van der Waals surface area contributed by atoms with Crippen molar-refractivity contribution in [1.82, 2.24) is 0 Å². The summed E-state index contributed by atoms with van der Waals surface area (Å²) in [5, 5.41) is 0. The first-order chi connectivity index (χ1) is 11.1. The smallest absolute Gasteiger partial charge is 0.330 e. The molecule has 1 aliphatic rings. The molecule has 126 valence electrons. The summed E-state index contributed by atoms with van der Waals surface area (Å²) in [4.78, 5) is 11.6. The van der Waals surface area contributed by atoms with Gasteiger partial charge in [0, 0.05) is 6.08 Å². The molecule has 2 atom stereocenters. The van der Waals surface area contributed by atoms with Crippen LogP contribution in [0.3, 0.4) is 0 Å². The summed E-state index contributed by atoms with van der Waals surface area (Å²) >= 11 is 0. The summed E-state index contributed by atoms with van der Waals surface area (Å²) in [5.74, 6) is -0.320. The van der Waals surface area contributed by atoms with Crippen molar-refractivity contribution in [2.24, 2.45) is 0 Å². The van der Waals surface area contributed by atoms with Gasteiger partial charge in [-0.05, 0) is 37.5 Å². The number of benzene rings is 1. The van der Waals surface area contributed by atoms with E-state index < -0.39 is 0 Å². The third kappa shape index (κ3) is 5.81. The summed E-state index contributed by atoms with van der Waals surface area (Å²) in [6, 6.07) is 6.25. The zero-order valence-electron chi connectivity index (χ0n) is 14.2. The third-order valence-electron chi connectivity index (χ3n) is 3.71. The molecule has 1 heterocycles. The summed E-state index contributed by atoms with van der Waals surface area (Å²) in [6.45, 7) is 7.79. The Kier molecular flexibility index (Phi) is 6.81. The first kappa shape index (κ1) is 17.7. The molecule has 0 N–H and O–H groups in total. The Bertz CT molecular complexity index is 546. The van der Waals surface area contributed by atoms with Gasteiger partial charge in [0.1, 0.15) is 6.10 Å². The van der Waals surface area contributed by atoms with Gasteiger partial charge in [-0.1, -0.05) is 37.1 Å². The van der Waals surface area contributed by atoms with E-state index in [0.717, 1.165) is 36.1 Å². The minimum atomic E-state index is -0.320. The molecule has 0 saturated carbocycles. The number of epoxide rings is 1. The zero-order valence-corrected chi connectivity index (χ0v) is 14.2. The molecule has 0 radical (unpaired) electrons. The van der Waals surface area contributed by atoms with E-state index in [-0.39, 0.29) is 18.2 Å². The van der Waals surface area contributed by atoms with Gasteiger partial charge in [-0.3, -0.25) is 0 Å². The summed E-state index contributed by atoms with van der Waals surface area (Å²) in [6.07, 6.45) is 5.54. The first-order valence-corrected chi connectivity index (χ1v) is 8.32. The minimum Gasteiger partial charge on any atom is -0.463 e. The Morgan fingerprint density at radius 3 is 2.87 bits per heavy atom. The van der Waals surface area contributed by atoms with Crippen molar-refractivity contribution in [2.45, 2.75) is 45.8 Å². The lowest BCUT2D eigenvalue weighted by Gasteiger charge is -2.20. The molecule has 23 heavy (non-hydrogen) atoms. The van der Waals surface area contributed by atoms with Crippen LogP contribution in [0.2, 0.25) is 0 Å². The molecule has 4 heteroatoms. The fourth-order valence-corrected chi connectivity index (χ4v) is 2.46. The molecule has 4 nitrogen and oxygen atoms in total. The Hall–Kier alpha value is -1.65. The average molecular weight is 318 g/mol. The summed E-state index contributed by atoms with van der Waals surface area (Å²) in [7, 11) is 0. The molecule has 0 spiro atoms. The average Bonchev–Trinajstić information content (AvgIpc) is 3.34. The Morgan fingerprint density at radius 2 is 2.22 bits per heavy atom. The van der Waals surface area contributed by atoms with Gasteiger partial charge in [-0.15, -0.1) is 0 Å². The lowest BCUT2D eigenvalue weighted by molar-refractivity contribution is -0.137. The van der Waals surface area contributed by atoms with E-state index in [4.69, 9.17) is 14.2 Å². The molecule has 1 fully saturated rings. The van der Waals surface area contributed by atoms with Crippen LogP contribution in [0.5, 0.6) is 0 Å². The van der Waals surface area contributed by atoms with Crippen molar-refractivity contribution in [3.8, 4) is 0 Å². The number of aryl methyl sites for hydroxylation is 1. The predicted molar refractivity (Wildman–Crippen MR) is 90.2 cm³/mol. The second kappa shape index (κ2) is 8.85. The fourth-order valence-electron chi connectivity index (χ4n) is 2.46. The Balaban J connectivity index is 2.17. The lowest BCUT2D eigenvalue weighted by Crippen LogP contribution is -2.10. The van der Waals surface area contributed by atoms with E-state index in [0.29, 0.717) is 13.2 Å². The van der Waals surface area contributed by atoms with E-state index in [1.807, 2.05) is 13.0 Å². The molecular formula is C19H26O4. The van der Waals surface area contributed by atoms with Crippen LogP contribution in [0.25, 0.3) is 6.08 Å². The van der Waals surface area contributed by atoms with E-state index >= 15 is 0 Å². The molecule has 1 saturated heterocycles. The van der Waals surface area contributed by atoms with Gasteiger partial charge in [0.25, 0.3) is 0 Å². The van der Waals surface area contributed by atoms with Gasteiger partial charge in [0.05, 0.1) is 25.9 Å². The highest BCUT2D eigenvalue weighted by Crippen LogP contribution is 2.29. The third-order valence-corrected chi connectivity index (χ3v) is 3.71. The molecule has 0 unspecified atom stereocenters. The summed E-state index contributed by atoms with van der Waals surface area (Å²) in [5.41, 5.74) is 3.27. The number of ether oxygens (including phenoxy) is 3. The van der Waals surface area contributed by atoms with Crippen molar-refractivity contribution in [3.63, 3.8) is 0 Å². The SMILES string of the molecule is CCC[C@@H](OC[C@H]1CO1)c1ccc(C)cc1C=CC(=O)OCC. The Morgan fingerprint density at radius 1 is 1.43 bits per heavy atom. The highest BCUT2D eigenvalue weighted by molar-refractivity contribution is 5.87. The number of esters is 1. The monoisotopic (exact) mass is 318 g/mol. The molecule has 0 amide bonds. The quantitative estimate of drug-likeness (QED) is 0.394. The maximum atomic E-state index is 11.6. The second-order valence-electron chi connectivity index (χ2n) is 5.78. The highest BCUT2D eigenvalue weighted by atomic mass is 16.6. The van der Waals surface area contributed by atoms with Gasteiger partial charge in [-0.2, -0.15) is 0 Å². The maximum Gasteiger partial charge on any atom is 0.330 e. The molecule has 2 rings (SSSR count). The van der Waals surface area contributed by atoms with Crippen molar-refractivity contribution in [2.75, 3.05) is 19.8 Å². The Labute approximate surface area is 138 Å². The number of carbonyl (C=O) groups is 1. The predicted octanol–water partition coefficient (Wildman–Crippen LogP) is 3.83. The lowest BCUT2D eigenvalue weighted by atomic mass is 9.97. The second-order valence-corrected chi connectivity index (χ2v) is 5.78. The van der Waals surface area contributed by atoms with E-state index in [1.54, 1.807) is 6.92 Å². The van der Waals surface area contributed by atoms with Crippen LogP contribution in [0.1, 0.15) is 49.5 Å². The topological polar surface area (TPSA) is 48.1 Å². The number of hydrogen-bond donors (Lipinski definition) is 0. The van der Waals surface area contributed by atoms with Gasteiger partial charge in [0.2, 0.25) is 0 Å². The van der Waals surface area contributed by atoms with Crippen molar-refractivity contribution in [3.05, 3.63) is 41.0 Å². The van der Waals surface area contributed by atoms with Crippen LogP contribution < -0.4 is 0 Å². The molecular weight excluding hydrogens is 292 g/mol. The minimum absolute atomic E-state index is 0.0200. The molecule has 1 aromatic rings. The first-order valence-electron chi connectivity index (χ1n) is 8.32. The zero-order chi connectivity index (χ0) is 16.7. The van der Waals surface area contributed by atoms with Crippen LogP contribution in [0.15, 0.2) is 24.3 Å². The fraction of sp³-hybridized carbons (Fsp3) is 0.526. The van der Waals surface area contributed by atoms with Gasteiger partial charge < -0.3 is 14.2 Å². The maximum absolute atomic E-state index is 11.6. The van der Waals surface area contributed by atoms with Crippen LogP contribution in [-0.2, 0) is 19.0 Å². The van der Waals surface area contributed by atoms with Crippen molar-refractivity contribution < 1.29 is 19.0 Å². The van der Waals surface area contributed by atoms with Crippen LogP contribution >= 0.6 is 0 Å². The number of carbonyl (C=O) groups excluding carboxylic acids is 1. The normalized spacial score (nSPS) is 18.1. The largest absolute Gasteiger partial charge is 0.463 e. The summed E-state index contributed by atoms with van der Waals surface area (Å²) < 4.78 is 16.2. The number of rotatable bonds is 9. The van der Waals surface area contributed by atoms with E-state index in [1.165, 1.54) is 6.08 Å². The van der Waals surface area contributed by atoms with Crippen molar-refractivity contribution in [1.29, 1.82) is 0 Å². The molecule has 0 aliphatic carbocycles. The van der Waals surface area contributed by atoms with Crippen LogP contribution in [0, 0.1) is 6.92 Å². The highest BCUT2D eigenvalue weighted by Gasteiger charge is 2.25. The van der Waals surface area contributed by atoms with Crippen molar-refractivity contribution >= 4 is 12.0 Å². The molecule has 0 aromatic heterocycles. The molecule has 1 aromatic carbocycles. The standard InChI is InChI=1S/C19H26O4/c1-4-6-18(23-13-16-12-22-16)17-9-7-14(3)11-15(17)8-10-19(20)21-5-2/h7-11,16,18H,4-6,12-13H2,1-3H3/t16-,18-/m1/s1. The van der Waals surface area contributed by atoms with Gasteiger partial charge in [-0.25, -0.2) is 4.79 Å². The molecule has 1 aliphatic heterocycles. The van der Waals surface area contributed by atoms with E-state index in [2.05, 4.69) is 25.1 Å².